The predicted octanol–water partition coefficient (Wildman–Crippen LogP) is -0.766. The summed E-state index contributed by atoms with van der Waals surface area (Å²) < 4.78 is 0. The average molecular weight is 141 g/mol. The van der Waals surface area contributed by atoms with Crippen LogP contribution in [0.25, 0.3) is 0 Å². The Morgan fingerprint density at radius 2 is 2.60 bits per heavy atom. The minimum atomic E-state index is 0.190. The molecule has 0 spiro atoms. The van der Waals surface area contributed by atoms with Crippen LogP contribution < -0.4 is 10.6 Å². The van der Waals surface area contributed by atoms with Crippen molar-refractivity contribution < 1.29 is 4.79 Å². The van der Waals surface area contributed by atoms with Gasteiger partial charge in [0.05, 0.1) is 6.07 Å². The van der Waals surface area contributed by atoms with Gasteiger partial charge in [0.1, 0.15) is 6.04 Å². The van der Waals surface area contributed by atoms with Crippen molar-refractivity contribution in [3.05, 3.63) is 0 Å². The maximum absolute atomic E-state index is 9.29. The van der Waals surface area contributed by atoms with Gasteiger partial charge in [0, 0.05) is 13.1 Å². The van der Waals surface area contributed by atoms with Gasteiger partial charge in [-0.2, -0.15) is 5.26 Å². The summed E-state index contributed by atoms with van der Waals surface area (Å²) in [6, 6.07) is 2.22. The third kappa shape index (κ3) is 6.92. The molecule has 0 aromatic heterocycles. The monoisotopic (exact) mass is 141 g/mol. The van der Waals surface area contributed by atoms with Crippen molar-refractivity contribution in [1.82, 2.24) is 10.6 Å². The largest absolute Gasteiger partial charge is 0.359 e. The molecule has 56 valence electrons. The van der Waals surface area contributed by atoms with E-state index >= 15 is 0 Å². The van der Waals surface area contributed by atoms with Crippen LogP contribution in [0, 0.1) is 11.3 Å². The van der Waals surface area contributed by atoms with Gasteiger partial charge in [-0.1, -0.05) is 0 Å². The zero-order valence-electron chi connectivity index (χ0n) is 5.92. The maximum Gasteiger partial charge on any atom is 0.207 e. The molecule has 0 aromatic rings. The van der Waals surface area contributed by atoms with Gasteiger partial charge in [0.15, 0.2) is 0 Å². The summed E-state index contributed by atoms with van der Waals surface area (Å²) in [5, 5.41) is 13.1. The first-order valence-corrected chi connectivity index (χ1v) is 3.15. The summed E-state index contributed by atoms with van der Waals surface area (Å²) >= 11 is 0. The van der Waals surface area contributed by atoms with Crippen LogP contribution in [0.15, 0.2) is 0 Å². The number of nitriles is 1. The molecule has 1 atom stereocenters. The van der Waals surface area contributed by atoms with Gasteiger partial charge >= 0.3 is 0 Å². The van der Waals surface area contributed by atoms with Crippen molar-refractivity contribution in [3.63, 3.8) is 0 Å². The molecule has 0 aromatic carbocycles. The first-order chi connectivity index (χ1) is 4.85. The van der Waals surface area contributed by atoms with Crippen molar-refractivity contribution in [2.75, 3.05) is 13.1 Å². The van der Waals surface area contributed by atoms with E-state index in [-0.39, 0.29) is 6.04 Å². The van der Waals surface area contributed by atoms with Crippen molar-refractivity contribution in [3.8, 4) is 6.07 Å². The van der Waals surface area contributed by atoms with Crippen LogP contribution in [0.3, 0.4) is 0 Å². The molecule has 2 N–H and O–H groups in total. The number of nitrogens with one attached hydrogen (secondary N) is 2. The Morgan fingerprint density at radius 1 is 2.00 bits per heavy atom. The van der Waals surface area contributed by atoms with Crippen LogP contribution in [0.1, 0.15) is 6.92 Å². The molecule has 1 amide bonds. The minimum absolute atomic E-state index is 0.190. The standard InChI is InChI=1S/C3H4N2.C3H7NO/c4-1-3-2-5-3;1-2-4-3-5/h3,5H,2H2;3H,2H2,1H3,(H,4,5). The zero-order chi connectivity index (χ0) is 7.82. The molecule has 1 aliphatic rings. The molecular formula is C6H11N3O. The zero-order valence-corrected chi connectivity index (χ0v) is 5.92. The van der Waals surface area contributed by atoms with Crippen molar-refractivity contribution in [2.24, 2.45) is 0 Å². The molecule has 0 aliphatic carbocycles. The number of carbonyl (C=O) groups excluding carboxylic acids is 1. The lowest BCUT2D eigenvalue weighted by Crippen LogP contribution is -2.07. The van der Waals surface area contributed by atoms with Crippen LogP contribution in [-0.4, -0.2) is 25.5 Å². The number of nitrogens with zero attached hydrogens (tertiary/aromatic N) is 1. The van der Waals surface area contributed by atoms with E-state index in [1.54, 1.807) is 0 Å². The fraction of sp³-hybridized carbons (Fsp3) is 0.667. The van der Waals surface area contributed by atoms with E-state index in [0.717, 1.165) is 13.1 Å². The highest BCUT2D eigenvalue weighted by Crippen LogP contribution is 1.89. The normalized spacial score (nSPS) is 19.4. The fourth-order valence-corrected chi connectivity index (χ4v) is 0.234. The molecule has 0 bridgehead atoms. The van der Waals surface area contributed by atoms with E-state index in [0.29, 0.717) is 6.41 Å². The molecule has 1 saturated heterocycles. The van der Waals surface area contributed by atoms with Crippen LogP contribution in [-0.2, 0) is 4.79 Å². The van der Waals surface area contributed by atoms with Crippen LogP contribution in [0.2, 0.25) is 0 Å². The van der Waals surface area contributed by atoms with Gasteiger partial charge in [0.25, 0.3) is 0 Å². The smallest absolute Gasteiger partial charge is 0.207 e. The summed E-state index contributed by atoms with van der Waals surface area (Å²) in [4.78, 5) is 9.29. The lowest BCUT2D eigenvalue weighted by atomic mass is 10.6. The minimum Gasteiger partial charge on any atom is -0.359 e. The first-order valence-electron chi connectivity index (χ1n) is 3.15. The molecule has 10 heavy (non-hydrogen) atoms. The highest BCUT2D eigenvalue weighted by molar-refractivity contribution is 5.45. The number of rotatable bonds is 2. The predicted molar refractivity (Wildman–Crippen MR) is 37.1 cm³/mol. The summed E-state index contributed by atoms with van der Waals surface area (Å²) in [5.74, 6) is 0. The van der Waals surface area contributed by atoms with Crippen LogP contribution in [0.4, 0.5) is 0 Å². The molecule has 4 heteroatoms. The second kappa shape index (κ2) is 6.05. The highest BCUT2D eigenvalue weighted by Gasteiger charge is 2.17. The SMILES string of the molecule is CCNC=O.N#CC1CN1. The van der Waals surface area contributed by atoms with Gasteiger partial charge < -0.3 is 5.32 Å². The number of hydrogen-bond acceptors (Lipinski definition) is 3. The highest BCUT2D eigenvalue weighted by atomic mass is 16.1. The summed E-state index contributed by atoms with van der Waals surface area (Å²) in [7, 11) is 0. The van der Waals surface area contributed by atoms with E-state index < -0.39 is 0 Å². The maximum atomic E-state index is 9.29. The lowest BCUT2D eigenvalue weighted by molar-refractivity contribution is -0.109. The van der Waals surface area contributed by atoms with Gasteiger partial charge in [-0.3, -0.25) is 10.1 Å². The quantitative estimate of drug-likeness (QED) is 0.392. The van der Waals surface area contributed by atoms with E-state index in [1.165, 1.54) is 0 Å². The Labute approximate surface area is 60.2 Å². The van der Waals surface area contributed by atoms with Crippen molar-refractivity contribution >= 4 is 6.41 Å². The molecule has 4 nitrogen and oxygen atoms in total. The molecule has 1 unspecified atom stereocenters. The number of amides is 1. The third-order valence-electron chi connectivity index (χ3n) is 0.852. The Balaban J connectivity index is 0.000000162. The Kier molecular flexibility index (Phi) is 5.39. The lowest BCUT2D eigenvalue weighted by Gasteiger charge is -1.78. The van der Waals surface area contributed by atoms with E-state index in [1.807, 2.05) is 13.0 Å². The van der Waals surface area contributed by atoms with Crippen molar-refractivity contribution in [2.45, 2.75) is 13.0 Å². The van der Waals surface area contributed by atoms with Gasteiger partial charge in [0.2, 0.25) is 6.41 Å². The van der Waals surface area contributed by atoms with Crippen molar-refractivity contribution in [1.29, 1.82) is 5.26 Å². The molecule has 0 saturated carbocycles. The van der Waals surface area contributed by atoms with Gasteiger partial charge in [-0.15, -0.1) is 0 Å². The fourth-order valence-electron chi connectivity index (χ4n) is 0.234. The summed E-state index contributed by atoms with van der Waals surface area (Å²) in [5.41, 5.74) is 0. The number of carbonyl (C=O) groups is 1. The van der Waals surface area contributed by atoms with Gasteiger partial charge in [-0.05, 0) is 6.92 Å². The molecule has 1 rings (SSSR count). The van der Waals surface area contributed by atoms with Crippen LogP contribution in [0.5, 0.6) is 0 Å². The van der Waals surface area contributed by atoms with Crippen LogP contribution >= 0.6 is 0 Å². The van der Waals surface area contributed by atoms with E-state index in [2.05, 4.69) is 10.6 Å². The Bertz CT molecular complexity index is 125. The Morgan fingerprint density at radius 3 is 2.60 bits per heavy atom. The first kappa shape index (κ1) is 8.92. The van der Waals surface area contributed by atoms with E-state index in [9.17, 15) is 4.79 Å². The molecule has 1 aliphatic heterocycles. The second-order valence-electron chi connectivity index (χ2n) is 1.77. The molecular weight excluding hydrogens is 130 g/mol. The van der Waals surface area contributed by atoms with E-state index in [4.69, 9.17) is 5.26 Å². The molecule has 0 radical (unpaired) electrons. The Hall–Kier alpha value is -1.08. The summed E-state index contributed by atoms with van der Waals surface area (Å²) in [6.07, 6.45) is 0.681. The molecule has 1 fully saturated rings. The number of hydrogen-bond donors (Lipinski definition) is 2. The molecule has 1 heterocycles. The van der Waals surface area contributed by atoms with Gasteiger partial charge in [-0.25, -0.2) is 0 Å². The third-order valence-corrected chi connectivity index (χ3v) is 0.852. The summed E-state index contributed by atoms with van der Waals surface area (Å²) in [6.45, 7) is 3.49. The second-order valence-corrected chi connectivity index (χ2v) is 1.77. The average Bonchev–Trinajstić information content (AvgIpc) is 2.72. The topological polar surface area (TPSA) is 74.8 Å².